The molecule has 0 amide bonds. The lowest BCUT2D eigenvalue weighted by atomic mass is 10.1. The molecule has 0 aliphatic rings. The molecule has 1 heterocycles. The van der Waals surface area contributed by atoms with Crippen molar-refractivity contribution in [3.05, 3.63) is 11.9 Å². The fraction of sp³-hybridized carbons (Fsp3) is 0.692. The summed E-state index contributed by atoms with van der Waals surface area (Å²) in [6.07, 6.45) is 1.44. The van der Waals surface area contributed by atoms with Crippen molar-refractivity contribution >= 4 is 11.6 Å². The predicted octanol–water partition coefficient (Wildman–Crippen LogP) is 2.18. The molecule has 1 rings (SSSR count). The normalized spacial score (nSPS) is 14.1. The number of hydrogen-bond acceptors (Lipinski definition) is 5. The Labute approximate surface area is 109 Å². The summed E-state index contributed by atoms with van der Waals surface area (Å²) < 4.78 is 0. The topological polar surface area (TPSA) is 70.1 Å². The van der Waals surface area contributed by atoms with Gasteiger partial charge in [-0.2, -0.15) is 0 Å². The first kappa shape index (κ1) is 14.7. The molecular formula is C13H24N4O. The van der Waals surface area contributed by atoms with E-state index in [0.29, 0.717) is 6.42 Å². The van der Waals surface area contributed by atoms with Gasteiger partial charge in [-0.25, -0.2) is 9.97 Å². The number of aryl methyl sites for hydroxylation is 1. The molecule has 0 bridgehead atoms. The van der Waals surface area contributed by atoms with Crippen molar-refractivity contribution in [1.29, 1.82) is 0 Å². The van der Waals surface area contributed by atoms with Gasteiger partial charge in [0.05, 0.1) is 6.10 Å². The zero-order valence-corrected chi connectivity index (χ0v) is 11.7. The summed E-state index contributed by atoms with van der Waals surface area (Å²) in [6.45, 7) is 8.71. The highest BCUT2D eigenvalue weighted by Gasteiger charge is 2.08. The average Bonchev–Trinajstić information content (AvgIpc) is 2.24. The number of aromatic nitrogens is 2. The summed E-state index contributed by atoms with van der Waals surface area (Å²) in [5, 5.41) is 15.9. The smallest absolute Gasteiger partial charge is 0.132 e. The van der Waals surface area contributed by atoms with E-state index >= 15 is 0 Å². The van der Waals surface area contributed by atoms with Gasteiger partial charge in [0.1, 0.15) is 17.5 Å². The zero-order chi connectivity index (χ0) is 13.5. The number of hydrogen-bond donors (Lipinski definition) is 3. The Hall–Kier alpha value is -1.36. The van der Waals surface area contributed by atoms with Crippen molar-refractivity contribution in [2.75, 3.05) is 17.2 Å². The minimum atomic E-state index is -0.312. The van der Waals surface area contributed by atoms with Gasteiger partial charge >= 0.3 is 0 Å². The lowest BCUT2D eigenvalue weighted by Gasteiger charge is -2.17. The van der Waals surface area contributed by atoms with Crippen molar-refractivity contribution in [2.24, 2.45) is 0 Å². The Morgan fingerprint density at radius 2 is 1.94 bits per heavy atom. The van der Waals surface area contributed by atoms with Crippen LogP contribution in [0.3, 0.4) is 0 Å². The molecule has 3 N–H and O–H groups in total. The van der Waals surface area contributed by atoms with E-state index in [0.717, 1.165) is 30.4 Å². The fourth-order valence-corrected chi connectivity index (χ4v) is 1.81. The van der Waals surface area contributed by atoms with Crippen LogP contribution >= 0.6 is 0 Å². The van der Waals surface area contributed by atoms with Gasteiger partial charge in [-0.15, -0.1) is 0 Å². The molecule has 102 valence electrons. The molecular weight excluding hydrogens is 228 g/mol. The third-order valence-corrected chi connectivity index (χ3v) is 2.48. The van der Waals surface area contributed by atoms with E-state index in [4.69, 9.17) is 0 Å². The molecule has 5 heteroatoms. The second-order valence-electron chi connectivity index (χ2n) is 4.74. The minimum Gasteiger partial charge on any atom is -0.393 e. The van der Waals surface area contributed by atoms with E-state index in [2.05, 4.69) is 27.5 Å². The van der Waals surface area contributed by atoms with Crippen LogP contribution in [0.15, 0.2) is 6.07 Å². The van der Waals surface area contributed by atoms with Gasteiger partial charge in [-0.05, 0) is 33.6 Å². The van der Waals surface area contributed by atoms with Gasteiger partial charge in [0.15, 0.2) is 0 Å². The Morgan fingerprint density at radius 3 is 2.56 bits per heavy atom. The lowest BCUT2D eigenvalue weighted by Crippen LogP contribution is -2.21. The van der Waals surface area contributed by atoms with Gasteiger partial charge in [0, 0.05) is 18.7 Å². The molecule has 5 nitrogen and oxygen atoms in total. The van der Waals surface area contributed by atoms with Gasteiger partial charge in [0.2, 0.25) is 0 Å². The molecule has 0 saturated carbocycles. The summed E-state index contributed by atoms with van der Waals surface area (Å²) in [5.74, 6) is 2.38. The maximum absolute atomic E-state index is 9.34. The largest absolute Gasteiger partial charge is 0.393 e. The Bertz CT molecular complexity index is 368. The van der Waals surface area contributed by atoms with Crippen LogP contribution in [0.4, 0.5) is 11.6 Å². The van der Waals surface area contributed by atoms with E-state index in [9.17, 15) is 5.11 Å². The average molecular weight is 252 g/mol. The molecule has 0 fully saturated rings. The number of aliphatic hydroxyl groups is 1. The number of anilines is 2. The number of nitrogens with one attached hydrogen (secondary N) is 2. The van der Waals surface area contributed by atoms with Crippen LogP contribution in [0, 0.1) is 6.92 Å². The second-order valence-corrected chi connectivity index (χ2v) is 4.74. The fourth-order valence-electron chi connectivity index (χ4n) is 1.81. The summed E-state index contributed by atoms with van der Waals surface area (Å²) >= 11 is 0. The van der Waals surface area contributed by atoms with Crippen LogP contribution < -0.4 is 10.6 Å². The second kappa shape index (κ2) is 7.16. The molecule has 0 aliphatic carbocycles. The third-order valence-electron chi connectivity index (χ3n) is 2.48. The van der Waals surface area contributed by atoms with Crippen LogP contribution in [-0.2, 0) is 0 Å². The monoisotopic (exact) mass is 252 g/mol. The standard InChI is InChI=1S/C13H24N4O/c1-5-6-14-12-8-13(17-11(4)16-12)15-9(2)7-10(3)18/h8-10,18H,5-7H2,1-4H3,(H2,14,15,16,17). The van der Waals surface area contributed by atoms with Gasteiger partial charge < -0.3 is 15.7 Å². The minimum absolute atomic E-state index is 0.179. The van der Waals surface area contributed by atoms with Crippen LogP contribution in [0.5, 0.6) is 0 Å². The van der Waals surface area contributed by atoms with Gasteiger partial charge in [-0.3, -0.25) is 0 Å². The summed E-state index contributed by atoms with van der Waals surface area (Å²) in [5.41, 5.74) is 0. The maximum atomic E-state index is 9.34. The lowest BCUT2D eigenvalue weighted by molar-refractivity contribution is 0.179. The van der Waals surface area contributed by atoms with Crippen molar-refractivity contribution in [3.8, 4) is 0 Å². The van der Waals surface area contributed by atoms with Crippen LogP contribution in [0.2, 0.25) is 0 Å². The molecule has 0 radical (unpaired) electrons. The van der Waals surface area contributed by atoms with E-state index in [1.807, 2.05) is 19.9 Å². The zero-order valence-electron chi connectivity index (χ0n) is 11.7. The van der Waals surface area contributed by atoms with Crippen LogP contribution in [0.25, 0.3) is 0 Å². The number of aliphatic hydroxyl groups excluding tert-OH is 1. The van der Waals surface area contributed by atoms with E-state index in [1.54, 1.807) is 6.92 Å². The molecule has 0 aliphatic heterocycles. The SMILES string of the molecule is CCCNc1cc(NC(C)CC(C)O)nc(C)n1. The molecule has 0 aromatic carbocycles. The predicted molar refractivity (Wildman–Crippen MR) is 74.9 cm³/mol. The van der Waals surface area contributed by atoms with Gasteiger partial charge in [-0.1, -0.05) is 6.92 Å². The molecule has 1 aromatic heterocycles. The highest BCUT2D eigenvalue weighted by Crippen LogP contribution is 2.13. The first-order chi connectivity index (χ1) is 8.51. The van der Waals surface area contributed by atoms with Crippen LogP contribution in [-0.4, -0.2) is 33.8 Å². The maximum Gasteiger partial charge on any atom is 0.132 e. The Balaban J connectivity index is 2.67. The summed E-state index contributed by atoms with van der Waals surface area (Å²) in [4.78, 5) is 8.67. The van der Waals surface area contributed by atoms with E-state index < -0.39 is 0 Å². The quantitative estimate of drug-likeness (QED) is 0.694. The Morgan fingerprint density at radius 1 is 1.28 bits per heavy atom. The molecule has 2 atom stereocenters. The number of nitrogens with zero attached hydrogens (tertiary/aromatic N) is 2. The van der Waals surface area contributed by atoms with Crippen molar-refractivity contribution in [2.45, 2.75) is 52.7 Å². The van der Waals surface area contributed by atoms with Gasteiger partial charge in [0.25, 0.3) is 0 Å². The Kier molecular flexibility index (Phi) is 5.85. The highest BCUT2D eigenvalue weighted by molar-refractivity contribution is 5.47. The van der Waals surface area contributed by atoms with E-state index in [-0.39, 0.29) is 12.1 Å². The molecule has 18 heavy (non-hydrogen) atoms. The molecule has 0 spiro atoms. The number of rotatable bonds is 7. The molecule has 0 saturated heterocycles. The molecule has 1 aromatic rings. The van der Waals surface area contributed by atoms with Crippen molar-refractivity contribution in [3.63, 3.8) is 0 Å². The first-order valence-corrected chi connectivity index (χ1v) is 6.55. The molecule has 2 unspecified atom stereocenters. The summed E-state index contributed by atoms with van der Waals surface area (Å²) in [7, 11) is 0. The van der Waals surface area contributed by atoms with E-state index in [1.165, 1.54) is 0 Å². The third kappa shape index (κ3) is 5.31. The summed E-state index contributed by atoms with van der Waals surface area (Å²) in [6, 6.07) is 2.08. The van der Waals surface area contributed by atoms with Crippen molar-refractivity contribution in [1.82, 2.24) is 9.97 Å². The van der Waals surface area contributed by atoms with Crippen molar-refractivity contribution < 1.29 is 5.11 Å². The first-order valence-electron chi connectivity index (χ1n) is 6.55. The highest BCUT2D eigenvalue weighted by atomic mass is 16.3. The van der Waals surface area contributed by atoms with Crippen LogP contribution in [0.1, 0.15) is 39.4 Å².